The van der Waals surface area contributed by atoms with Crippen molar-refractivity contribution in [2.45, 2.75) is 45.3 Å². The maximum atomic E-state index is 15.7. The molecule has 1 fully saturated rings. The molecule has 0 aliphatic carbocycles. The van der Waals surface area contributed by atoms with Crippen LogP contribution in [-0.2, 0) is 14.0 Å². The molecule has 0 aromatic heterocycles. The summed E-state index contributed by atoms with van der Waals surface area (Å²) in [5.41, 5.74) is -0.906. The first-order valence-electron chi connectivity index (χ1n) is 9.32. The summed E-state index contributed by atoms with van der Waals surface area (Å²) < 4.78 is 44.0. The molecular weight excluding hydrogens is 362 g/mol. The van der Waals surface area contributed by atoms with Crippen molar-refractivity contribution in [1.29, 1.82) is 0 Å². The van der Waals surface area contributed by atoms with Gasteiger partial charge in [0, 0.05) is 0 Å². The number of rotatable bonds is 9. The van der Waals surface area contributed by atoms with E-state index in [4.69, 9.17) is 23.5 Å². The smallest absolute Gasteiger partial charge is 0.496 e. The molecule has 0 spiro atoms. The van der Waals surface area contributed by atoms with Crippen molar-refractivity contribution in [3.63, 3.8) is 0 Å². The van der Waals surface area contributed by atoms with E-state index in [0.29, 0.717) is 42.3 Å². The highest BCUT2D eigenvalue weighted by atomic mass is 19.1. The predicted octanol–water partition coefficient (Wildman–Crippen LogP) is 4.61. The lowest BCUT2D eigenvalue weighted by atomic mass is 9.81. The molecule has 1 saturated heterocycles. The van der Waals surface area contributed by atoms with Crippen molar-refractivity contribution in [2.75, 3.05) is 27.4 Å². The zero-order chi connectivity index (χ0) is 20.9. The third-order valence-corrected chi connectivity index (χ3v) is 5.21. The molecule has 1 aliphatic heterocycles. The minimum absolute atomic E-state index is 0.292. The van der Waals surface area contributed by atoms with Crippen LogP contribution < -0.4 is 9.47 Å². The van der Waals surface area contributed by atoms with Gasteiger partial charge in [-0.3, -0.25) is 0 Å². The highest BCUT2D eigenvalue weighted by molar-refractivity contribution is 6.55. The van der Waals surface area contributed by atoms with Gasteiger partial charge < -0.3 is 23.5 Å². The molecule has 154 valence electrons. The van der Waals surface area contributed by atoms with Crippen LogP contribution >= 0.6 is 0 Å². The Morgan fingerprint density at radius 2 is 1.64 bits per heavy atom. The highest BCUT2D eigenvalue weighted by Crippen LogP contribution is 2.43. The standard InChI is InChI=1S/C21H30BFO5/c1-8-13-26-14-12-15(18-16(24-6)10-9-11-17(18)25-7)19(23)22-27-20(2,3)21(4,5)28-22/h8-11H,1,12-14H2,2-7H3. The molecule has 1 aromatic carbocycles. The van der Waals surface area contributed by atoms with Crippen LogP contribution in [0.25, 0.3) is 5.57 Å². The van der Waals surface area contributed by atoms with Gasteiger partial charge in [0.1, 0.15) is 17.2 Å². The van der Waals surface area contributed by atoms with E-state index in [1.807, 2.05) is 27.7 Å². The Balaban J connectivity index is 2.51. The molecule has 0 radical (unpaired) electrons. The average Bonchev–Trinajstić information content (AvgIpc) is 2.88. The minimum Gasteiger partial charge on any atom is -0.496 e. The number of methoxy groups -OCH3 is 2. The van der Waals surface area contributed by atoms with Gasteiger partial charge in [0.2, 0.25) is 0 Å². The van der Waals surface area contributed by atoms with E-state index in [9.17, 15) is 0 Å². The molecule has 1 aliphatic rings. The van der Waals surface area contributed by atoms with Gasteiger partial charge in [-0.25, -0.2) is 4.39 Å². The van der Waals surface area contributed by atoms with Crippen LogP contribution in [0.15, 0.2) is 36.6 Å². The lowest BCUT2D eigenvalue weighted by molar-refractivity contribution is 0.00578. The lowest BCUT2D eigenvalue weighted by Gasteiger charge is -2.32. The van der Waals surface area contributed by atoms with Gasteiger partial charge in [0.05, 0.1) is 44.2 Å². The van der Waals surface area contributed by atoms with Crippen molar-refractivity contribution in [1.82, 2.24) is 0 Å². The predicted molar refractivity (Wildman–Crippen MR) is 109 cm³/mol. The normalized spacial score (nSPS) is 18.6. The van der Waals surface area contributed by atoms with Gasteiger partial charge in [-0.15, -0.1) is 6.58 Å². The number of benzene rings is 1. The van der Waals surface area contributed by atoms with Gasteiger partial charge >= 0.3 is 7.12 Å². The Morgan fingerprint density at radius 1 is 1.11 bits per heavy atom. The quantitative estimate of drug-likeness (QED) is 0.349. The van der Waals surface area contributed by atoms with E-state index in [1.165, 1.54) is 14.2 Å². The zero-order valence-electron chi connectivity index (χ0n) is 17.6. The summed E-state index contributed by atoms with van der Waals surface area (Å²) in [6, 6.07) is 5.32. The number of hydrogen-bond acceptors (Lipinski definition) is 5. The SMILES string of the molecule is C=CCOCCC(=C(F)B1OC(C)(C)C(C)(C)O1)c1c(OC)cccc1OC. The van der Waals surface area contributed by atoms with Crippen LogP contribution in [0.5, 0.6) is 11.5 Å². The largest absolute Gasteiger partial charge is 0.525 e. The molecule has 0 amide bonds. The summed E-state index contributed by atoms with van der Waals surface area (Å²) in [6.45, 7) is 11.9. The first-order chi connectivity index (χ1) is 13.2. The topological polar surface area (TPSA) is 46.2 Å². The summed E-state index contributed by atoms with van der Waals surface area (Å²) in [5.74, 6) is 1.01. The molecular formula is C21H30BFO5. The second-order valence-electron chi connectivity index (χ2n) is 7.57. The fourth-order valence-corrected chi connectivity index (χ4v) is 2.94. The Labute approximate surface area is 167 Å². The van der Waals surface area contributed by atoms with Gasteiger partial charge in [-0.2, -0.15) is 0 Å². The first-order valence-corrected chi connectivity index (χ1v) is 9.32. The Kier molecular flexibility index (Phi) is 7.31. The van der Waals surface area contributed by atoms with E-state index in [0.717, 1.165) is 0 Å². The van der Waals surface area contributed by atoms with Crippen molar-refractivity contribution in [3.05, 3.63) is 42.1 Å². The van der Waals surface area contributed by atoms with Gasteiger partial charge in [-0.05, 0) is 51.8 Å². The molecule has 0 unspecified atom stereocenters. The fraction of sp³-hybridized carbons (Fsp3) is 0.524. The Hall–Kier alpha value is -1.83. The zero-order valence-corrected chi connectivity index (χ0v) is 17.6. The summed E-state index contributed by atoms with van der Waals surface area (Å²) in [7, 11) is 1.96. The molecule has 1 heterocycles. The van der Waals surface area contributed by atoms with Crippen LogP contribution in [0.3, 0.4) is 0 Å². The Bertz CT molecular complexity index is 691. The third-order valence-electron chi connectivity index (χ3n) is 5.21. The highest BCUT2D eigenvalue weighted by Gasteiger charge is 2.53. The van der Waals surface area contributed by atoms with E-state index >= 15 is 4.39 Å². The van der Waals surface area contributed by atoms with Crippen molar-refractivity contribution in [3.8, 4) is 11.5 Å². The van der Waals surface area contributed by atoms with Gasteiger partial charge in [0.25, 0.3) is 0 Å². The number of halogens is 1. The second kappa shape index (κ2) is 9.12. The van der Waals surface area contributed by atoms with Crippen LogP contribution in [0.1, 0.15) is 39.7 Å². The summed E-state index contributed by atoms with van der Waals surface area (Å²) >= 11 is 0. The number of ether oxygens (including phenoxy) is 3. The first kappa shape index (κ1) is 22.5. The Morgan fingerprint density at radius 3 is 2.11 bits per heavy atom. The van der Waals surface area contributed by atoms with E-state index in [1.54, 1.807) is 24.3 Å². The molecule has 28 heavy (non-hydrogen) atoms. The fourth-order valence-electron chi connectivity index (χ4n) is 2.94. The lowest BCUT2D eigenvalue weighted by Crippen LogP contribution is -2.41. The van der Waals surface area contributed by atoms with Crippen LogP contribution in [-0.4, -0.2) is 45.8 Å². The maximum Gasteiger partial charge on any atom is 0.525 e. The summed E-state index contributed by atoms with van der Waals surface area (Å²) in [6.07, 6.45) is 1.94. The molecule has 0 atom stereocenters. The van der Waals surface area contributed by atoms with Crippen LogP contribution in [0, 0.1) is 0 Å². The van der Waals surface area contributed by atoms with Crippen molar-refractivity contribution in [2.24, 2.45) is 0 Å². The summed E-state index contributed by atoms with van der Waals surface area (Å²) in [5, 5.41) is 0. The van der Waals surface area contributed by atoms with Gasteiger partial charge in [-0.1, -0.05) is 12.1 Å². The van der Waals surface area contributed by atoms with Gasteiger partial charge in [0.15, 0.2) is 0 Å². The molecule has 0 saturated carbocycles. The van der Waals surface area contributed by atoms with Crippen LogP contribution in [0.4, 0.5) is 4.39 Å². The van der Waals surface area contributed by atoms with Crippen molar-refractivity contribution >= 4 is 12.7 Å². The van der Waals surface area contributed by atoms with E-state index in [-0.39, 0.29) is 0 Å². The molecule has 2 rings (SSSR count). The monoisotopic (exact) mass is 392 g/mol. The molecule has 7 heteroatoms. The third kappa shape index (κ3) is 4.59. The maximum absolute atomic E-state index is 15.7. The molecule has 0 N–H and O–H groups in total. The average molecular weight is 392 g/mol. The molecule has 0 bridgehead atoms. The minimum atomic E-state index is -1.12. The number of hydrogen-bond donors (Lipinski definition) is 0. The van der Waals surface area contributed by atoms with Crippen LogP contribution in [0.2, 0.25) is 0 Å². The van der Waals surface area contributed by atoms with E-state index in [2.05, 4.69) is 6.58 Å². The molecule has 1 aromatic rings. The second-order valence-corrected chi connectivity index (χ2v) is 7.57. The van der Waals surface area contributed by atoms with Crippen molar-refractivity contribution < 1.29 is 27.9 Å². The summed E-state index contributed by atoms with van der Waals surface area (Å²) in [4.78, 5) is 0. The molecule has 5 nitrogen and oxygen atoms in total. The van der Waals surface area contributed by atoms with E-state index < -0.39 is 24.0 Å².